The van der Waals surface area contributed by atoms with Gasteiger partial charge in [0, 0.05) is 29.9 Å². The molecular formula is C19H17N3O2. The molecule has 0 unspecified atom stereocenters. The third kappa shape index (κ3) is 2.54. The van der Waals surface area contributed by atoms with E-state index < -0.39 is 0 Å². The van der Waals surface area contributed by atoms with Crippen LogP contribution in [-0.4, -0.2) is 23.7 Å². The number of benzene rings is 1. The van der Waals surface area contributed by atoms with Gasteiger partial charge in [-0.05, 0) is 17.7 Å². The highest BCUT2D eigenvalue weighted by Crippen LogP contribution is 2.40. The summed E-state index contributed by atoms with van der Waals surface area (Å²) in [5.41, 5.74) is 4.21. The molecule has 5 nitrogen and oxygen atoms in total. The molecule has 0 saturated heterocycles. The van der Waals surface area contributed by atoms with Crippen LogP contribution in [0.15, 0.2) is 54.9 Å². The van der Waals surface area contributed by atoms with Gasteiger partial charge in [0.1, 0.15) is 5.69 Å². The summed E-state index contributed by atoms with van der Waals surface area (Å²) in [5, 5.41) is 3.28. The van der Waals surface area contributed by atoms with Crippen LogP contribution in [0.25, 0.3) is 11.1 Å². The maximum Gasteiger partial charge on any atom is 0.237 e. The van der Waals surface area contributed by atoms with Crippen LogP contribution in [0, 0.1) is 0 Å². The van der Waals surface area contributed by atoms with E-state index in [0.717, 1.165) is 29.0 Å². The minimum absolute atomic E-state index is 0.526. The summed E-state index contributed by atoms with van der Waals surface area (Å²) in [6.45, 7) is 0.666. The normalized spacial score (nSPS) is 12.4. The molecule has 1 aliphatic rings. The number of anilines is 2. The van der Waals surface area contributed by atoms with Crippen LogP contribution in [0.5, 0.6) is 11.6 Å². The molecule has 5 heteroatoms. The van der Waals surface area contributed by atoms with E-state index in [4.69, 9.17) is 9.47 Å². The minimum Gasteiger partial charge on any atom is -0.489 e. The van der Waals surface area contributed by atoms with E-state index in [1.54, 1.807) is 13.3 Å². The first-order valence-corrected chi connectivity index (χ1v) is 7.83. The zero-order chi connectivity index (χ0) is 16.4. The molecular weight excluding hydrogens is 302 g/mol. The molecule has 0 radical (unpaired) electrons. The van der Waals surface area contributed by atoms with Gasteiger partial charge in [0.15, 0.2) is 11.6 Å². The second-order valence-electron chi connectivity index (χ2n) is 5.48. The molecule has 0 aliphatic carbocycles. The fourth-order valence-corrected chi connectivity index (χ4v) is 2.92. The van der Waals surface area contributed by atoms with Gasteiger partial charge >= 0.3 is 0 Å². The predicted octanol–water partition coefficient (Wildman–Crippen LogP) is 3.83. The van der Waals surface area contributed by atoms with Gasteiger partial charge in [-0.2, -0.15) is 0 Å². The van der Waals surface area contributed by atoms with Gasteiger partial charge in [-0.3, -0.25) is 0 Å². The lowest BCUT2D eigenvalue weighted by Crippen LogP contribution is -2.01. The van der Waals surface area contributed by atoms with Gasteiger partial charge in [0.25, 0.3) is 0 Å². The molecule has 24 heavy (non-hydrogen) atoms. The summed E-state index contributed by atoms with van der Waals surface area (Å²) in [7, 11) is 1.60. The van der Waals surface area contributed by atoms with Gasteiger partial charge in [0.2, 0.25) is 5.88 Å². The molecule has 0 amide bonds. The fraction of sp³-hybridized carbons (Fsp3) is 0.158. The maximum atomic E-state index is 5.85. The molecule has 0 atom stereocenters. The highest BCUT2D eigenvalue weighted by molar-refractivity contribution is 5.76. The highest BCUT2D eigenvalue weighted by atomic mass is 16.5. The molecule has 0 bridgehead atoms. The molecule has 1 N–H and O–H groups in total. The number of aromatic nitrogens is 2. The molecule has 0 fully saturated rings. The Morgan fingerprint density at radius 3 is 2.79 bits per heavy atom. The second kappa shape index (κ2) is 6.20. The van der Waals surface area contributed by atoms with Crippen molar-refractivity contribution in [1.82, 2.24) is 9.97 Å². The van der Waals surface area contributed by atoms with E-state index in [1.807, 2.05) is 36.5 Å². The fourth-order valence-electron chi connectivity index (χ4n) is 2.92. The Labute approximate surface area is 140 Å². The molecule has 120 valence electrons. The standard InChI is InChI=1S/C19H17N3O2/c1-23-19-16(8-5-10-20-19)22-18-17-14(9-11-24-17)15(12-21-18)13-6-3-2-4-7-13/h2-8,10,12H,9,11H2,1H3,(H,21,22). The van der Waals surface area contributed by atoms with Crippen molar-refractivity contribution in [1.29, 1.82) is 0 Å². The molecule has 3 aromatic rings. The smallest absolute Gasteiger partial charge is 0.237 e. The van der Waals surface area contributed by atoms with E-state index >= 15 is 0 Å². The summed E-state index contributed by atoms with van der Waals surface area (Å²) in [5.74, 6) is 2.02. The van der Waals surface area contributed by atoms with Gasteiger partial charge in [0.05, 0.1) is 13.7 Å². The lowest BCUT2D eigenvalue weighted by atomic mass is 10.0. The van der Waals surface area contributed by atoms with Crippen molar-refractivity contribution in [3.63, 3.8) is 0 Å². The number of pyridine rings is 2. The van der Waals surface area contributed by atoms with Crippen LogP contribution < -0.4 is 14.8 Å². The largest absolute Gasteiger partial charge is 0.489 e. The van der Waals surface area contributed by atoms with E-state index in [9.17, 15) is 0 Å². The zero-order valence-electron chi connectivity index (χ0n) is 13.3. The molecule has 1 aromatic carbocycles. The van der Waals surface area contributed by atoms with Crippen molar-refractivity contribution < 1.29 is 9.47 Å². The Morgan fingerprint density at radius 2 is 1.96 bits per heavy atom. The van der Waals surface area contributed by atoms with E-state index in [0.29, 0.717) is 18.3 Å². The third-order valence-corrected chi connectivity index (χ3v) is 4.04. The summed E-state index contributed by atoms with van der Waals surface area (Å²) >= 11 is 0. The van der Waals surface area contributed by atoms with Crippen molar-refractivity contribution in [3.05, 3.63) is 60.4 Å². The number of nitrogens with zero attached hydrogens (tertiary/aromatic N) is 2. The van der Waals surface area contributed by atoms with Crippen LogP contribution in [0.4, 0.5) is 11.5 Å². The second-order valence-corrected chi connectivity index (χ2v) is 5.48. The predicted molar refractivity (Wildman–Crippen MR) is 92.9 cm³/mol. The van der Waals surface area contributed by atoms with Gasteiger partial charge < -0.3 is 14.8 Å². The molecule has 1 aliphatic heterocycles. The number of nitrogens with one attached hydrogen (secondary N) is 1. The average molecular weight is 319 g/mol. The number of methoxy groups -OCH3 is 1. The third-order valence-electron chi connectivity index (χ3n) is 4.04. The molecule has 0 spiro atoms. The average Bonchev–Trinajstić information content (AvgIpc) is 3.13. The summed E-state index contributed by atoms with van der Waals surface area (Å²) < 4.78 is 11.1. The van der Waals surface area contributed by atoms with Crippen molar-refractivity contribution in [2.45, 2.75) is 6.42 Å². The lowest BCUT2D eigenvalue weighted by molar-refractivity contribution is 0.357. The van der Waals surface area contributed by atoms with Crippen LogP contribution in [0.1, 0.15) is 5.56 Å². The lowest BCUT2D eigenvalue weighted by Gasteiger charge is -2.14. The Balaban J connectivity index is 1.75. The number of hydrogen-bond donors (Lipinski definition) is 1. The van der Waals surface area contributed by atoms with E-state index in [1.165, 1.54) is 5.56 Å². The quantitative estimate of drug-likeness (QED) is 0.792. The first kappa shape index (κ1) is 14.5. The Hall–Kier alpha value is -3.08. The van der Waals surface area contributed by atoms with Crippen LogP contribution in [0.2, 0.25) is 0 Å². The first-order chi connectivity index (χ1) is 11.9. The van der Waals surface area contributed by atoms with Crippen LogP contribution >= 0.6 is 0 Å². The van der Waals surface area contributed by atoms with E-state index in [-0.39, 0.29) is 0 Å². The van der Waals surface area contributed by atoms with Crippen LogP contribution in [0.3, 0.4) is 0 Å². The van der Waals surface area contributed by atoms with Crippen molar-refractivity contribution in [2.24, 2.45) is 0 Å². The van der Waals surface area contributed by atoms with Crippen molar-refractivity contribution >= 4 is 11.5 Å². The number of ether oxygens (including phenoxy) is 2. The summed E-state index contributed by atoms with van der Waals surface area (Å²) in [6.07, 6.45) is 4.46. The summed E-state index contributed by atoms with van der Waals surface area (Å²) in [4.78, 5) is 8.78. The maximum absolute atomic E-state index is 5.85. The molecule has 2 aromatic heterocycles. The number of hydrogen-bond acceptors (Lipinski definition) is 5. The number of rotatable bonds is 4. The van der Waals surface area contributed by atoms with Crippen molar-refractivity contribution in [2.75, 3.05) is 19.0 Å². The number of fused-ring (bicyclic) bond motifs is 1. The van der Waals surface area contributed by atoms with Gasteiger partial charge in [-0.1, -0.05) is 30.3 Å². The molecule has 4 rings (SSSR count). The Morgan fingerprint density at radius 1 is 1.08 bits per heavy atom. The molecule has 0 saturated carbocycles. The van der Waals surface area contributed by atoms with Gasteiger partial charge in [-0.25, -0.2) is 9.97 Å². The van der Waals surface area contributed by atoms with E-state index in [2.05, 4.69) is 27.4 Å². The first-order valence-electron chi connectivity index (χ1n) is 7.83. The Bertz CT molecular complexity index is 866. The highest BCUT2D eigenvalue weighted by Gasteiger charge is 2.23. The minimum atomic E-state index is 0.526. The molecule has 3 heterocycles. The summed E-state index contributed by atoms with van der Waals surface area (Å²) in [6, 6.07) is 14.0. The SMILES string of the molecule is COc1ncccc1Nc1ncc(-c2ccccc2)c2c1OCC2. The monoisotopic (exact) mass is 319 g/mol. The Kier molecular flexibility index (Phi) is 3.75. The zero-order valence-corrected chi connectivity index (χ0v) is 13.3. The van der Waals surface area contributed by atoms with Gasteiger partial charge in [-0.15, -0.1) is 0 Å². The van der Waals surface area contributed by atoms with Crippen molar-refractivity contribution in [3.8, 4) is 22.8 Å². The topological polar surface area (TPSA) is 56.3 Å². The van der Waals surface area contributed by atoms with Crippen LogP contribution in [-0.2, 0) is 6.42 Å².